The lowest BCUT2D eigenvalue weighted by Crippen LogP contribution is -2.40. The molecule has 2 saturated carbocycles. The molecule has 1 N–H and O–H groups in total. The van der Waals surface area contributed by atoms with Gasteiger partial charge in [-0.3, -0.25) is 9.48 Å². The monoisotopic (exact) mass is 275 g/mol. The maximum atomic E-state index is 12.4. The Morgan fingerprint density at radius 2 is 2.30 bits per heavy atom. The van der Waals surface area contributed by atoms with Crippen LogP contribution in [0.2, 0.25) is 0 Å². The lowest BCUT2D eigenvalue weighted by molar-refractivity contribution is 0.0914. The average molecular weight is 275 g/mol. The van der Waals surface area contributed by atoms with Crippen LogP contribution < -0.4 is 5.32 Å². The van der Waals surface area contributed by atoms with Gasteiger partial charge in [0.05, 0.1) is 11.8 Å². The van der Waals surface area contributed by atoms with Crippen molar-refractivity contribution in [2.24, 2.45) is 17.8 Å². The number of carbonyl (C=O) groups is 1. The van der Waals surface area contributed by atoms with Crippen LogP contribution in [-0.2, 0) is 6.54 Å². The predicted molar refractivity (Wildman–Crippen MR) is 78.5 cm³/mol. The molecular formula is C16H25N3O. The number of rotatable bonds is 4. The summed E-state index contributed by atoms with van der Waals surface area (Å²) in [5, 5.41) is 7.46. The molecule has 0 unspecified atom stereocenters. The zero-order valence-electron chi connectivity index (χ0n) is 12.7. The van der Waals surface area contributed by atoms with Crippen molar-refractivity contribution in [3.8, 4) is 0 Å². The molecule has 3 rings (SSSR count). The second-order valence-electron chi connectivity index (χ2n) is 6.56. The van der Waals surface area contributed by atoms with Crippen molar-refractivity contribution in [3.63, 3.8) is 0 Å². The smallest absolute Gasteiger partial charge is 0.254 e. The minimum Gasteiger partial charge on any atom is -0.349 e. The van der Waals surface area contributed by atoms with Crippen molar-refractivity contribution < 1.29 is 4.79 Å². The highest BCUT2D eigenvalue weighted by Crippen LogP contribution is 2.49. The average Bonchev–Trinajstić information content (AvgIpc) is 3.12. The van der Waals surface area contributed by atoms with E-state index in [1.807, 2.05) is 18.5 Å². The molecule has 110 valence electrons. The molecule has 0 saturated heterocycles. The molecule has 0 aromatic carbocycles. The first-order valence-electron chi connectivity index (χ1n) is 7.93. The molecule has 0 radical (unpaired) electrons. The zero-order chi connectivity index (χ0) is 14.3. The standard InChI is InChI=1S/C16H25N3O/c1-4-19-11(3)15(9-17-19)16(20)18-10(2)14-8-12-5-6-13(14)7-12/h9-10,12-14H,4-8H2,1-3H3,(H,18,20)/t10-,12-,13-,14-/m0/s1. The summed E-state index contributed by atoms with van der Waals surface area (Å²) in [7, 11) is 0. The van der Waals surface area contributed by atoms with Crippen LogP contribution in [0.4, 0.5) is 0 Å². The molecule has 2 aliphatic rings. The molecule has 2 bridgehead atoms. The molecule has 1 amide bonds. The largest absolute Gasteiger partial charge is 0.349 e. The number of aromatic nitrogens is 2. The highest BCUT2D eigenvalue weighted by Gasteiger charge is 2.42. The minimum absolute atomic E-state index is 0.0393. The highest BCUT2D eigenvalue weighted by atomic mass is 16.1. The summed E-state index contributed by atoms with van der Waals surface area (Å²) in [4.78, 5) is 12.4. The molecule has 1 heterocycles. The van der Waals surface area contributed by atoms with Crippen LogP contribution in [-0.4, -0.2) is 21.7 Å². The quantitative estimate of drug-likeness (QED) is 0.918. The van der Waals surface area contributed by atoms with Gasteiger partial charge >= 0.3 is 0 Å². The number of hydrogen-bond acceptors (Lipinski definition) is 2. The van der Waals surface area contributed by atoms with Crippen LogP contribution in [0.1, 0.15) is 55.6 Å². The van der Waals surface area contributed by atoms with Gasteiger partial charge in [-0.15, -0.1) is 0 Å². The van der Waals surface area contributed by atoms with Crippen molar-refractivity contribution in [1.82, 2.24) is 15.1 Å². The van der Waals surface area contributed by atoms with E-state index in [4.69, 9.17) is 0 Å². The van der Waals surface area contributed by atoms with E-state index in [1.54, 1.807) is 6.20 Å². The maximum Gasteiger partial charge on any atom is 0.254 e. The topological polar surface area (TPSA) is 46.9 Å². The summed E-state index contributed by atoms with van der Waals surface area (Å²) >= 11 is 0. The Balaban J connectivity index is 1.65. The molecule has 0 aliphatic heterocycles. The van der Waals surface area contributed by atoms with Crippen LogP contribution in [0, 0.1) is 24.7 Å². The number of nitrogens with zero attached hydrogens (tertiary/aromatic N) is 2. The molecule has 2 fully saturated rings. The van der Waals surface area contributed by atoms with E-state index in [-0.39, 0.29) is 11.9 Å². The normalized spacial score (nSPS) is 29.6. The summed E-state index contributed by atoms with van der Waals surface area (Å²) in [6, 6.07) is 0.280. The SMILES string of the molecule is CCn1ncc(C(=O)N[C@@H](C)[C@@H]2C[C@H]3CC[C@H]2C3)c1C. The van der Waals surface area contributed by atoms with E-state index in [0.29, 0.717) is 5.92 Å². The van der Waals surface area contributed by atoms with Crippen LogP contribution in [0.25, 0.3) is 0 Å². The van der Waals surface area contributed by atoms with Crippen LogP contribution >= 0.6 is 0 Å². The second-order valence-corrected chi connectivity index (χ2v) is 6.56. The molecular weight excluding hydrogens is 250 g/mol. The molecule has 1 aromatic heterocycles. The van der Waals surface area contributed by atoms with E-state index < -0.39 is 0 Å². The Bertz CT molecular complexity index is 508. The molecule has 4 heteroatoms. The highest BCUT2D eigenvalue weighted by molar-refractivity contribution is 5.95. The van der Waals surface area contributed by atoms with Crippen LogP contribution in [0.3, 0.4) is 0 Å². The summed E-state index contributed by atoms with van der Waals surface area (Å²) in [5.74, 6) is 2.49. The number of carbonyl (C=O) groups excluding carboxylic acids is 1. The van der Waals surface area contributed by atoms with Gasteiger partial charge in [0.25, 0.3) is 5.91 Å². The Kier molecular flexibility index (Phi) is 3.57. The number of fused-ring (bicyclic) bond motifs is 2. The van der Waals surface area contributed by atoms with Crippen molar-refractivity contribution in [3.05, 3.63) is 17.5 Å². The molecule has 0 spiro atoms. The summed E-state index contributed by atoms with van der Waals surface area (Å²) in [6.45, 7) is 6.98. The minimum atomic E-state index is 0.0393. The molecule has 4 atom stereocenters. The first kappa shape index (κ1) is 13.7. The molecule has 1 aromatic rings. The van der Waals surface area contributed by atoms with Gasteiger partial charge in [-0.25, -0.2) is 0 Å². The van der Waals surface area contributed by atoms with Gasteiger partial charge in [0.15, 0.2) is 0 Å². The summed E-state index contributed by atoms with van der Waals surface area (Å²) in [6.07, 6.45) is 7.16. The Labute approximate surface area is 120 Å². The van der Waals surface area contributed by atoms with Gasteiger partial charge in [0.1, 0.15) is 0 Å². The first-order valence-corrected chi connectivity index (χ1v) is 7.93. The maximum absolute atomic E-state index is 12.4. The Hall–Kier alpha value is -1.32. The van der Waals surface area contributed by atoms with E-state index in [9.17, 15) is 4.79 Å². The summed E-state index contributed by atoms with van der Waals surface area (Å²) < 4.78 is 1.87. The lowest BCUT2D eigenvalue weighted by atomic mass is 9.84. The van der Waals surface area contributed by atoms with Crippen molar-refractivity contribution in [2.75, 3.05) is 0 Å². The fourth-order valence-corrected chi connectivity index (χ4v) is 4.29. The van der Waals surface area contributed by atoms with E-state index in [0.717, 1.165) is 29.6 Å². The lowest BCUT2D eigenvalue weighted by Gasteiger charge is -2.28. The number of hydrogen-bond donors (Lipinski definition) is 1. The van der Waals surface area contributed by atoms with Crippen molar-refractivity contribution in [1.29, 1.82) is 0 Å². The van der Waals surface area contributed by atoms with Crippen molar-refractivity contribution in [2.45, 2.75) is 59.0 Å². The fourth-order valence-electron chi connectivity index (χ4n) is 4.29. The van der Waals surface area contributed by atoms with Gasteiger partial charge in [-0.2, -0.15) is 5.10 Å². The number of aryl methyl sites for hydroxylation is 1. The number of amides is 1. The Morgan fingerprint density at radius 3 is 2.85 bits per heavy atom. The Morgan fingerprint density at radius 1 is 1.50 bits per heavy atom. The van der Waals surface area contributed by atoms with Gasteiger partial charge < -0.3 is 5.32 Å². The van der Waals surface area contributed by atoms with Gasteiger partial charge in [0.2, 0.25) is 0 Å². The number of nitrogens with one attached hydrogen (secondary N) is 1. The van der Waals surface area contributed by atoms with Gasteiger partial charge in [-0.05, 0) is 57.8 Å². The molecule has 20 heavy (non-hydrogen) atoms. The summed E-state index contributed by atoms with van der Waals surface area (Å²) in [5.41, 5.74) is 1.69. The van der Waals surface area contributed by atoms with Gasteiger partial charge in [0, 0.05) is 18.3 Å². The predicted octanol–water partition coefficient (Wildman–Crippen LogP) is 2.77. The first-order chi connectivity index (χ1) is 9.60. The third-order valence-electron chi connectivity index (χ3n) is 5.44. The third kappa shape index (κ3) is 2.25. The van der Waals surface area contributed by atoms with E-state index in [1.165, 1.54) is 25.7 Å². The van der Waals surface area contributed by atoms with E-state index >= 15 is 0 Å². The fraction of sp³-hybridized carbons (Fsp3) is 0.750. The molecule has 2 aliphatic carbocycles. The van der Waals surface area contributed by atoms with Gasteiger partial charge in [-0.1, -0.05) is 6.42 Å². The second kappa shape index (κ2) is 5.23. The zero-order valence-corrected chi connectivity index (χ0v) is 12.7. The van der Waals surface area contributed by atoms with Crippen LogP contribution in [0.15, 0.2) is 6.20 Å². The third-order valence-corrected chi connectivity index (χ3v) is 5.44. The van der Waals surface area contributed by atoms with Crippen molar-refractivity contribution >= 4 is 5.91 Å². The van der Waals surface area contributed by atoms with E-state index in [2.05, 4.69) is 17.3 Å². The molecule has 4 nitrogen and oxygen atoms in total. The van der Waals surface area contributed by atoms with Crippen LogP contribution in [0.5, 0.6) is 0 Å².